The third kappa shape index (κ3) is 4.77. The molecule has 1 fully saturated rings. The largest absolute Gasteiger partial charge is 0.340 e. The second-order valence-electron chi connectivity index (χ2n) is 6.77. The monoisotopic (exact) mass is 371 g/mol. The molecule has 0 unspecified atom stereocenters. The number of nitrogens with zero attached hydrogens (tertiary/aromatic N) is 3. The summed E-state index contributed by atoms with van der Waals surface area (Å²) in [4.78, 5) is 35.3. The van der Waals surface area contributed by atoms with Crippen LogP contribution in [-0.2, 0) is 11.3 Å². The molecule has 2 aromatic rings. The fraction of sp³-hybridized carbons (Fsp3) is 0.450. The molecule has 3 rings (SSSR count). The second kappa shape index (κ2) is 8.56. The van der Waals surface area contributed by atoms with E-state index in [1.807, 2.05) is 37.1 Å². The summed E-state index contributed by atoms with van der Waals surface area (Å²) in [7, 11) is 0. The minimum Gasteiger partial charge on any atom is -0.340 e. The van der Waals surface area contributed by atoms with Crippen molar-refractivity contribution in [2.45, 2.75) is 33.2 Å². The van der Waals surface area contributed by atoms with Gasteiger partial charge in [0.25, 0.3) is 0 Å². The van der Waals surface area contributed by atoms with Crippen LogP contribution < -0.4 is 0 Å². The highest BCUT2D eigenvalue weighted by atomic mass is 32.1. The Bertz CT molecular complexity index is 765. The lowest BCUT2D eigenvalue weighted by Gasteiger charge is -2.34. The Hall–Kier alpha value is -2.05. The Balaban J connectivity index is 1.43. The summed E-state index contributed by atoms with van der Waals surface area (Å²) in [5.41, 5.74) is 1.97. The Labute approximate surface area is 158 Å². The predicted molar refractivity (Wildman–Crippen MR) is 103 cm³/mol. The van der Waals surface area contributed by atoms with Crippen molar-refractivity contribution in [2.75, 3.05) is 26.2 Å². The zero-order valence-corrected chi connectivity index (χ0v) is 16.2. The Morgan fingerprint density at radius 1 is 1.15 bits per heavy atom. The molecule has 6 heteroatoms. The van der Waals surface area contributed by atoms with Gasteiger partial charge in [-0.25, -0.2) is 0 Å². The first-order chi connectivity index (χ1) is 12.5. The highest BCUT2D eigenvalue weighted by molar-refractivity contribution is 7.12. The molecule has 1 aliphatic heterocycles. The molecule has 1 saturated heterocycles. The maximum absolute atomic E-state index is 12.4. The summed E-state index contributed by atoms with van der Waals surface area (Å²) in [6.45, 7) is 8.01. The third-order valence-electron chi connectivity index (χ3n) is 4.76. The molecule has 26 heavy (non-hydrogen) atoms. The van der Waals surface area contributed by atoms with Crippen molar-refractivity contribution in [3.05, 3.63) is 51.5 Å². The first-order valence-electron chi connectivity index (χ1n) is 9.02. The maximum atomic E-state index is 12.4. The van der Waals surface area contributed by atoms with E-state index in [1.165, 1.54) is 5.56 Å². The molecule has 0 radical (unpaired) electrons. The summed E-state index contributed by atoms with van der Waals surface area (Å²) in [6.07, 6.45) is 4.26. The Morgan fingerprint density at radius 2 is 1.92 bits per heavy atom. The molecule has 0 aromatic carbocycles. The van der Waals surface area contributed by atoms with Gasteiger partial charge in [0.15, 0.2) is 5.78 Å². The molecule has 2 aromatic heterocycles. The zero-order valence-electron chi connectivity index (χ0n) is 15.4. The van der Waals surface area contributed by atoms with E-state index in [0.717, 1.165) is 48.0 Å². The predicted octanol–water partition coefficient (Wildman–Crippen LogP) is 3.07. The van der Waals surface area contributed by atoms with Gasteiger partial charge in [0.05, 0.1) is 0 Å². The lowest BCUT2D eigenvalue weighted by atomic mass is 10.1. The number of Topliss-reactive ketones (excluding diaryl/α,β-unsaturated/α-hetero) is 1. The molecule has 0 saturated carbocycles. The fourth-order valence-corrected chi connectivity index (χ4v) is 4.27. The van der Waals surface area contributed by atoms with Gasteiger partial charge < -0.3 is 4.90 Å². The quantitative estimate of drug-likeness (QED) is 0.733. The third-order valence-corrected chi connectivity index (χ3v) is 5.73. The minimum atomic E-state index is 0.0791. The number of thiophene rings is 1. The summed E-state index contributed by atoms with van der Waals surface area (Å²) in [5.74, 6) is 0.166. The van der Waals surface area contributed by atoms with Gasteiger partial charge in [0, 0.05) is 73.3 Å². The van der Waals surface area contributed by atoms with E-state index < -0.39 is 0 Å². The van der Waals surface area contributed by atoms with E-state index in [0.29, 0.717) is 12.8 Å². The van der Waals surface area contributed by atoms with Crippen molar-refractivity contribution in [3.8, 4) is 0 Å². The topological polar surface area (TPSA) is 53.5 Å². The van der Waals surface area contributed by atoms with Gasteiger partial charge in [-0.15, -0.1) is 11.3 Å². The van der Waals surface area contributed by atoms with Crippen molar-refractivity contribution in [3.63, 3.8) is 0 Å². The number of amides is 1. The van der Waals surface area contributed by atoms with Crippen molar-refractivity contribution >= 4 is 23.0 Å². The fourth-order valence-electron chi connectivity index (χ4n) is 3.33. The summed E-state index contributed by atoms with van der Waals surface area (Å²) >= 11 is 1.63. The normalized spacial score (nSPS) is 15.2. The number of piperazine rings is 1. The van der Waals surface area contributed by atoms with Crippen LogP contribution >= 0.6 is 11.3 Å². The smallest absolute Gasteiger partial charge is 0.223 e. The van der Waals surface area contributed by atoms with Gasteiger partial charge in [0.1, 0.15) is 0 Å². The molecule has 1 aliphatic rings. The van der Waals surface area contributed by atoms with Crippen LogP contribution in [0, 0.1) is 13.8 Å². The standard InChI is InChI=1S/C20H25N3O2S/c1-15-12-18(16(2)26-15)19(24)5-6-20(25)23-10-8-22(9-11-23)14-17-4-3-7-21-13-17/h3-4,7,12-13H,5-6,8-11,14H2,1-2H3. The minimum absolute atomic E-state index is 0.0791. The number of aryl methyl sites for hydroxylation is 2. The molecule has 0 N–H and O–H groups in total. The van der Waals surface area contributed by atoms with Crippen LogP contribution in [0.1, 0.15) is 38.5 Å². The van der Waals surface area contributed by atoms with E-state index in [1.54, 1.807) is 17.5 Å². The molecular formula is C20H25N3O2S. The van der Waals surface area contributed by atoms with E-state index in [-0.39, 0.29) is 11.7 Å². The van der Waals surface area contributed by atoms with Crippen LogP contribution in [0.4, 0.5) is 0 Å². The average molecular weight is 372 g/mol. The van der Waals surface area contributed by atoms with Crippen LogP contribution in [0.25, 0.3) is 0 Å². The first kappa shape index (κ1) is 18.7. The molecule has 0 bridgehead atoms. The highest BCUT2D eigenvalue weighted by Crippen LogP contribution is 2.22. The Kier molecular flexibility index (Phi) is 6.16. The lowest BCUT2D eigenvalue weighted by Crippen LogP contribution is -2.48. The number of hydrogen-bond donors (Lipinski definition) is 0. The Morgan fingerprint density at radius 3 is 2.54 bits per heavy atom. The number of pyridine rings is 1. The van der Waals surface area contributed by atoms with Crippen LogP contribution in [0.2, 0.25) is 0 Å². The van der Waals surface area contributed by atoms with Gasteiger partial charge in [-0.2, -0.15) is 0 Å². The van der Waals surface area contributed by atoms with Crippen LogP contribution in [0.3, 0.4) is 0 Å². The van der Waals surface area contributed by atoms with Crippen LogP contribution in [-0.4, -0.2) is 52.7 Å². The number of hydrogen-bond acceptors (Lipinski definition) is 5. The van der Waals surface area contributed by atoms with Crippen molar-refractivity contribution < 1.29 is 9.59 Å². The summed E-state index contributed by atoms with van der Waals surface area (Å²) < 4.78 is 0. The van der Waals surface area contributed by atoms with Crippen molar-refractivity contribution in [1.29, 1.82) is 0 Å². The number of aromatic nitrogens is 1. The van der Waals surface area contributed by atoms with Gasteiger partial charge in [0.2, 0.25) is 5.91 Å². The first-order valence-corrected chi connectivity index (χ1v) is 9.84. The summed E-state index contributed by atoms with van der Waals surface area (Å²) in [5, 5.41) is 0. The van der Waals surface area contributed by atoms with Crippen molar-refractivity contribution in [1.82, 2.24) is 14.8 Å². The molecular weight excluding hydrogens is 346 g/mol. The highest BCUT2D eigenvalue weighted by Gasteiger charge is 2.22. The molecule has 138 valence electrons. The molecule has 0 aliphatic carbocycles. The zero-order chi connectivity index (χ0) is 18.5. The van der Waals surface area contributed by atoms with Crippen molar-refractivity contribution in [2.24, 2.45) is 0 Å². The van der Waals surface area contributed by atoms with Crippen LogP contribution in [0.5, 0.6) is 0 Å². The lowest BCUT2D eigenvalue weighted by molar-refractivity contribution is -0.132. The molecule has 1 amide bonds. The van der Waals surface area contributed by atoms with E-state index >= 15 is 0 Å². The molecule has 0 spiro atoms. The number of carbonyl (C=O) groups excluding carboxylic acids is 2. The molecule has 5 nitrogen and oxygen atoms in total. The number of rotatable bonds is 6. The summed E-state index contributed by atoms with van der Waals surface area (Å²) in [6, 6.07) is 5.96. The van der Waals surface area contributed by atoms with E-state index in [4.69, 9.17) is 0 Å². The maximum Gasteiger partial charge on any atom is 0.223 e. The van der Waals surface area contributed by atoms with Gasteiger partial charge >= 0.3 is 0 Å². The SMILES string of the molecule is Cc1cc(C(=O)CCC(=O)N2CCN(Cc3cccnc3)CC2)c(C)s1. The van der Waals surface area contributed by atoms with Gasteiger partial charge in [-0.3, -0.25) is 19.5 Å². The van der Waals surface area contributed by atoms with Crippen LogP contribution in [0.15, 0.2) is 30.6 Å². The second-order valence-corrected chi connectivity index (χ2v) is 8.23. The van der Waals surface area contributed by atoms with E-state index in [9.17, 15) is 9.59 Å². The van der Waals surface area contributed by atoms with Gasteiger partial charge in [-0.1, -0.05) is 6.07 Å². The number of carbonyl (C=O) groups is 2. The molecule has 0 atom stereocenters. The molecule has 3 heterocycles. The average Bonchev–Trinajstić information content (AvgIpc) is 2.99. The number of ketones is 1. The van der Waals surface area contributed by atoms with Gasteiger partial charge in [-0.05, 0) is 31.5 Å². The van der Waals surface area contributed by atoms with E-state index in [2.05, 4.69) is 16.0 Å².